The predicted molar refractivity (Wildman–Crippen MR) is 125 cm³/mol. The monoisotopic (exact) mass is 460 g/mol. The first kappa shape index (κ1) is 21.0. The number of amides is 1. The van der Waals surface area contributed by atoms with Crippen molar-refractivity contribution in [2.45, 2.75) is 19.9 Å². The third kappa shape index (κ3) is 3.58. The van der Waals surface area contributed by atoms with Crippen LogP contribution in [0.15, 0.2) is 75.7 Å². The highest BCUT2D eigenvalue weighted by Gasteiger charge is 2.46. The molecule has 0 bridgehead atoms. The molecular formula is C25H20N2O5S. The van der Waals surface area contributed by atoms with Crippen LogP contribution in [0.2, 0.25) is 0 Å². The minimum absolute atomic E-state index is 0.0453. The Kier molecular flexibility index (Phi) is 5.22. The fourth-order valence-corrected chi connectivity index (χ4v) is 4.77. The Hall–Kier alpha value is -3.91. The van der Waals surface area contributed by atoms with Crippen LogP contribution in [0.3, 0.4) is 0 Å². The van der Waals surface area contributed by atoms with Crippen molar-refractivity contribution in [2.75, 3.05) is 11.5 Å². The second-order valence-electron chi connectivity index (χ2n) is 7.59. The van der Waals surface area contributed by atoms with Crippen molar-refractivity contribution in [3.8, 4) is 5.75 Å². The van der Waals surface area contributed by atoms with Gasteiger partial charge in [-0.05, 0) is 43.7 Å². The number of fused-ring (bicyclic) bond motifs is 1. The van der Waals surface area contributed by atoms with Crippen molar-refractivity contribution in [3.05, 3.63) is 88.3 Å². The van der Waals surface area contributed by atoms with E-state index in [-0.39, 0.29) is 11.3 Å². The first-order valence-electron chi connectivity index (χ1n) is 10.4. The summed E-state index contributed by atoms with van der Waals surface area (Å²) in [7, 11) is 0. The molecule has 1 amide bonds. The minimum Gasteiger partial charge on any atom is -0.503 e. The van der Waals surface area contributed by atoms with Gasteiger partial charge in [0.2, 0.25) is 5.78 Å². The van der Waals surface area contributed by atoms with Gasteiger partial charge in [0.15, 0.2) is 16.7 Å². The summed E-state index contributed by atoms with van der Waals surface area (Å²) in [6.45, 7) is 4.23. The minimum atomic E-state index is -0.862. The number of furan rings is 1. The van der Waals surface area contributed by atoms with E-state index in [9.17, 15) is 14.7 Å². The molecule has 1 atom stereocenters. The van der Waals surface area contributed by atoms with Gasteiger partial charge in [0.05, 0.1) is 23.9 Å². The van der Waals surface area contributed by atoms with Gasteiger partial charge in [-0.2, -0.15) is 0 Å². The number of para-hydroxylation sites is 1. The lowest BCUT2D eigenvalue weighted by atomic mass is 9.95. The molecule has 1 aliphatic rings. The third-order valence-corrected chi connectivity index (χ3v) is 6.38. The molecule has 0 saturated heterocycles. The first-order chi connectivity index (χ1) is 16.0. The number of nitrogens with zero attached hydrogens (tertiary/aromatic N) is 2. The van der Waals surface area contributed by atoms with Gasteiger partial charge in [-0.25, -0.2) is 4.98 Å². The Balaban J connectivity index is 1.63. The highest BCUT2D eigenvalue weighted by Crippen LogP contribution is 2.43. The Morgan fingerprint density at radius 2 is 1.97 bits per heavy atom. The Bertz CT molecular complexity index is 1370. The molecule has 1 aliphatic heterocycles. The van der Waals surface area contributed by atoms with E-state index < -0.39 is 23.5 Å². The highest BCUT2D eigenvalue weighted by atomic mass is 32.1. The molecule has 166 valence electrons. The molecule has 7 nitrogen and oxygen atoms in total. The Morgan fingerprint density at radius 1 is 1.21 bits per heavy atom. The molecular weight excluding hydrogens is 440 g/mol. The van der Waals surface area contributed by atoms with Crippen molar-refractivity contribution >= 4 is 39.1 Å². The topological polar surface area (TPSA) is 92.9 Å². The SMILES string of the molecule is CCOc1ccc(C2C(C(=O)c3cc4ccccc4o3)=C(O)C(=O)N2c2nc(C)cs2)cc1. The Morgan fingerprint density at radius 3 is 2.64 bits per heavy atom. The number of hydrogen-bond donors (Lipinski definition) is 1. The molecule has 0 radical (unpaired) electrons. The highest BCUT2D eigenvalue weighted by molar-refractivity contribution is 7.14. The van der Waals surface area contributed by atoms with E-state index in [0.29, 0.717) is 28.6 Å². The van der Waals surface area contributed by atoms with Gasteiger partial charge in [-0.15, -0.1) is 11.3 Å². The second kappa shape index (κ2) is 8.22. The number of ketones is 1. The van der Waals surface area contributed by atoms with Gasteiger partial charge in [0.25, 0.3) is 5.91 Å². The van der Waals surface area contributed by atoms with Gasteiger partial charge in [0.1, 0.15) is 11.3 Å². The zero-order valence-corrected chi connectivity index (χ0v) is 18.8. The summed E-state index contributed by atoms with van der Waals surface area (Å²) < 4.78 is 11.3. The van der Waals surface area contributed by atoms with E-state index in [1.165, 1.54) is 16.2 Å². The summed E-state index contributed by atoms with van der Waals surface area (Å²) in [5.41, 5.74) is 1.89. The van der Waals surface area contributed by atoms with E-state index in [0.717, 1.165) is 11.1 Å². The smallest absolute Gasteiger partial charge is 0.296 e. The van der Waals surface area contributed by atoms with Crippen molar-refractivity contribution in [1.29, 1.82) is 0 Å². The Labute approximate surface area is 193 Å². The second-order valence-corrected chi connectivity index (χ2v) is 8.43. The lowest BCUT2D eigenvalue weighted by molar-refractivity contribution is -0.117. The van der Waals surface area contributed by atoms with Gasteiger partial charge in [-0.1, -0.05) is 30.3 Å². The molecule has 0 fully saturated rings. The summed E-state index contributed by atoms with van der Waals surface area (Å²) in [5, 5.41) is 13.8. The molecule has 2 aromatic heterocycles. The number of aryl methyl sites for hydroxylation is 1. The van der Waals surface area contributed by atoms with E-state index in [1.807, 2.05) is 37.4 Å². The average molecular weight is 461 g/mol. The van der Waals surface area contributed by atoms with Crippen molar-refractivity contribution in [2.24, 2.45) is 0 Å². The lowest BCUT2D eigenvalue weighted by Gasteiger charge is -2.24. The number of anilines is 1. The molecule has 0 aliphatic carbocycles. The first-order valence-corrected chi connectivity index (χ1v) is 11.3. The summed E-state index contributed by atoms with van der Waals surface area (Å²) in [5.74, 6) is -1.11. The predicted octanol–water partition coefficient (Wildman–Crippen LogP) is 5.38. The molecule has 8 heteroatoms. The number of carbonyl (C=O) groups excluding carboxylic acids is 2. The number of rotatable bonds is 6. The van der Waals surface area contributed by atoms with Crippen LogP contribution in [0.25, 0.3) is 11.0 Å². The maximum atomic E-state index is 13.6. The van der Waals surface area contributed by atoms with Crippen LogP contribution < -0.4 is 9.64 Å². The lowest BCUT2D eigenvalue weighted by Crippen LogP contribution is -2.31. The zero-order valence-electron chi connectivity index (χ0n) is 17.9. The number of carbonyl (C=O) groups is 2. The van der Waals surface area contributed by atoms with Gasteiger partial charge in [0, 0.05) is 10.8 Å². The number of thiazole rings is 1. The summed E-state index contributed by atoms with van der Waals surface area (Å²) >= 11 is 1.27. The van der Waals surface area contributed by atoms with E-state index in [4.69, 9.17) is 9.15 Å². The number of benzene rings is 2. The maximum Gasteiger partial charge on any atom is 0.296 e. The molecule has 3 heterocycles. The number of hydrogen-bond acceptors (Lipinski definition) is 7. The third-order valence-electron chi connectivity index (χ3n) is 5.42. The molecule has 0 saturated carbocycles. The maximum absolute atomic E-state index is 13.6. The zero-order chi connectivity index (χ0) is 23.1. The number of aromatic nitrogens is 1. The van der Waals surface area contributed by atoms with Crippen LogP contribution in [0.1, 0.15) is 34.8 Å². The van der Waals surface area contributed by atoms with E-state index in [1.54, 1.807) is 36.4 Å². The fraction of sp³-hybridized carbons (Fsp3) is 0.160. The van der Waals surface area contributed by atoms with Crippen LogP contribution in [0, 0.1) is 6.92 Å². The normalized spacial score (nSPS) is 16.1. The molecule has 4 aromatic rings. The summed E-state index contributed by atoms with van der Waals surface area (Å²) in [4.78, 5) is 32.5. The van der Waals surface area contributed by atoms with Gasteiger partial charge >= 0.3 is 0 Å². The van der Waals surface area contributed by atoms with E-state index in [2.05, 4.69) is 4.98 Å². The van der Waals surface area contributed by atoms with Crippen LogP contribution in [-0.4, -0.2) is 28.4 Å². The number of aliphatic hydroxyl groups is 1. The number of Topliss-reactive ketones (excluding diaryl/α,β-unsaturated/α-hetero) is 1. The molecule has 5 rings (SSSR count). The van der Waals surface area contributed by atoms with E-state index >= 15 is 0 Å². The van der Waals surface area contributed by atoms with Crippen LogP contribution in [0.4, 0.5) is 5.13 Å². The quantitative estimate of drug-likeness (QED) is 0.389. The number of ether oxygens (including phenoxy) is 1. The van der Waals surface area contributed by atoms with Crippen molar-refractivity contribution in [3.63, 3.8) is 0 Å². The number of aliphatic hydroxyl groups excluding tert-OH is 1. The molecule has 2 aromatic carbocycles. The fourth-order valence-electron chi connectivity index (χ4n) is 3.94. The molecule has 0 spiro atoms. The summed E-state index contributed by atoms with van der Waals surface area (Å²) in [6.07, 6.45) is 0. The average Bonchev–Trinajstić information content (AvgIpc) is 3.51. The summed E-state index contributed by atoms with van der Waals surface area (Å²) in [6, 6.07) is 15.1. The largest absolute Gasteiger partial charge is 0.503 e. The van der Waals surface area contributed by atoms with Gasteiger partial charge < -0.3 is 14.3 Å². The van der Waals surface area contributed by atoms with Gasteiger partial charge in [-0.3, -0.25) is 14.5 Å². The van der Waals surface area contributed by atoms with Crippen LogP contribution >= 0.6 is 11.3 Å². The standard InChI is InChI=1S/C25H20N2O5S/c1-3-31-17-10-8-15(9-11-17)21-20(22(28)19-12-16-6-4-5-7-18(16)32-19)23(29)24(30)27(21)25-26-14(2)13-33-25/h4-13,21,29H,3H2,1-2H3. The molecule has 33 heavy (non-hydrogen) atoms. The molecule has 1 unspecified atom stereocenters. The molecule has 1 N–H and O–H groups in total. The van der Waals surface area contributed by atoms with Crippen LogP contribution in [0.5, 0.6) is 5.75 Å². The van der Waals surface area contributed by atoms with Crippen molar-refractivity contribution < 1.29 is 23.8 Å². The van der Waals surface area contributed by atoms with Crippen molar-refractivity contribution in [1.82, 2.24) is 4.98 Å². The van der Waals surface area contributed by atoms with Crippen LogP contribution in [-0.2, 0) is 4.79 Å².